The highest BCUT2D eigenvalue weighted by molar-refractivity contribution is 5.48. The number of furan rings is 1. The lowest BCUT2D eigenvalue weighted by atomic mass is 10.2. The average molecular weight is 290 g/mol. The van der Waals surface area contributed by atoms with E-state index in [0.29, 0.717) is 12.2 Å². The van der Waals surface area contributed by atoms with Gasteiger partial charge in [0.1, 0.15) is 17.3 Å². The Hall–Kier alpha value is -1.81. The number of para-hydroxylation sites is 1. The van der Waals surface area contributed by atoms with Gasteiger partial charge in [-0.05, 0) is 38.6 Å². The van der Waals surface area contributed by atoms with E-state index < -0.39 is 0 Å². The number of aryl methyl sites for hydroxylation is 1. The highest BCUT2D eigenvalue weighted by atomic mass is 19.1. The monoisotopic (exact) mass is 290 g/mol. The van der Waals surface area contributed by atoms with Gasteiger partial charge in [-0.25, -0.2) is 4.39 Å². The zero-order chi connectivity index (χ0) is 15.2. The zero-order valence-corrected chi connectivity index (χ0v) is 12.9. The van der Waals surface area contributed by atoms with E-state index in [4.69, 9.17) is 4.42 Å². The van der Waals surface area contributed by atoms with Gasteiger partial charge in [-0.2, -0.15) is 0 Å². The molecule has 114 valence electrons. The van der Waals surface area contributed by atoms with Gasteiger partial charge in [-0.1, -0.05) is 19.1 Å². The topological polar surface area (TPSA) is 28.4 Å². The minimum atomic E-state index is -0.187. The van der Waals surface area contributed by atoms with Crippen LogP contribution in [0.3, 0.4) is 0 Å². The van der Waals surface area contributed by atoms with E-state index in [1.165, 1.54) is 6.07 Å². The molecule has 0 bridgehead atoms. The van der Waals surface area contributed by atoms with Crippen LogP contribution in [0.4, 0.5) is 10.1 Å². The lowest BCUT2D eigenvalue weighted by Crippen LogP contribution is -2.23. The molecule has 3 nitrogen and oxygen atoms in total. The number of rotatable bonds is 7. The van der Waals surface area contributed by atoms with Crippen molar-refractivity contribution in [1.29, 1.82) is 0 Å². The van der Waals surface area contributed by atoms with Crippen LogP contribution >= 0.6 is 0 Å². The van der Waals surface area contributed by atoms with Gasteiger partial charge in [0.25, 0.3) is 0 Å². The Morgan fingerprint density at radius 1 is 1.24 bits per heavy atom. The fourth-order valence-corrected chi connectivity index (χ4v) is 2.36. The van der Waals surface area contributed by atoms with Crippen molar-refractivity contribution in [3.8, 4) is 0 Å². The maximum atomic E-state index is 13.9. The molecule has 0 radical (unpaired) electrons. The highest BCUT2D eigenvalue weighted by Crippen LogP contribution is 2.23. The van der Waals surface area contributed by atoms with Gasteiger partial charge in [-0.15, -0.1) is 0 Å². The number of halogens is 1. The molecule has 0 saturated heterocycles. The first-order chi connectivity index (χ1) is 10.2. The lowest BCUT2D eigenvalue weighted by Gasteiger charge is -2.23. The molecule has 0 amide bonds. The summed E-state index contributed by atoms with van der Waals surface area (Å²) in [5, 5.41) is 3.25. The van der Waals surface area contributed by atoms with Crippen LogP contribution in [-0.4, -0.2) is 13.1 Å². The Bertz CT molecular complexity index is 580. The van der Waals surface area contributed by atoms with Crippen molar-refractivity contribution in [2.24, 2.45) is 0 Å². The quantitative estimate of drug-likeness (QED) is 0.839. The van der Waals surface area contributed by atoms with Gasteiger partial charge in [0.05, 0.1) is 12.2 Å². The second-order valence-electron chi connectivity index (χ2n) is 5.04. The smallest absolute Gasteiger partial charge is 0.146 e. The molecule has 4 heteroatoms. The van der Waals surface area contributed by atoms with Crippen molar-refractivity contribution in [3.63, 3.8) is 0 Å². The molecule has 0 spiro atoms. The van der Waals surface area contributed by atoms with Crippen LogP contribution in [0, 0.1) is 12.7 Å². The minimum absolute atomic E-state index is 0.187. The highest BCUT2D eigenvalue weighted by Gasteiger charge is 2.14. The average Bonchev–Trinajstić information content (AvgIpc) is 2.83. The third-order valence-corrected chi connectivity index (χ3v) is 3.56. The number of hydrogen-bond donors (Lipinski definition) is 1. The zero-order valence-electron chi connectivity index (χ0n) is 12.9. The summed E-state index contributed by atoms with van der Waals surface area (Å²) in [6.45, 7) is 9.08. The molecular weight excluding hydrogens is 267 g/mol. The van der Waals surface area contributed by atoms with Gasteiger partial charge < -0.3 is 14.6 Å². The van der Waals surface area contributed by atoms with Crippen LogP contribution in [0.15, 0.2) is 34.7 Å². The van der Waals surface area contributed by atoms with Crippen molar-refractivity contribution in [1.82, 2.24) is 5.32 Å². The Morgan fingerprint density at radius 2 is 2.00 bits per heavy atom. The van der Waals surface area contributed by atoms with Gasteiger partial charge in [0, 0.05) is 18.7 Å². The predicted octanol–water partition coefficient (Wildman–Crippen LogP) is 3.86. The molecule has 1 aromatic heterocycles. The number of hydrogen-bond acceptors (Lipinski definition) is 3. The van der Waals surface area contributed by atoms with Gasteiger partial charge in [-0.3, -0.25) is 0 Å². The fourth-order valence-electron chi connectivity index (χ4n) is 2.36. The Morgan fingerprint density at radius 3 is 2.67 bits per heavy atom. The van der Waals surface area contributed by atoms with E-state index in [1.807, 2.05) is 30.9 Å². The van der Waals surface area contributed by atoms with Crippen LogP contribution < -0.4 is 10.2 Å². The maximum Gasteiger partial charge on any atom is 0.146 e. The largest absolute Gasteiger partial charge is 0.465 e. The Labute approximate surface area is 125 Å². The van der Waals surface area contributed by atoms with Crippen molar-refractivity contribution in [2.75, 3.05) is 18.0 Å². The number of benzene rings is 1. The molecule has 1 N–H and O–H groups in total. The SMILES string of the molecule is CCNCc1cc(CN(CC)c2ccccc2F)c(C)o1. The van der Waals surface area contributed by atoms with Crippen LogP contribution in [0.2, 0.25) is 0 Å². The second kappa shape index (κ2) is 7.27. The molecular formula is C17H23FN2O. The summed E-state index contributed by atoms with van der Waals surface area (Å²) < 4.78 is 19.7. The van der Waals surface area contributed by atoms with E-state index in [1.54, 1.807) is 6.07 Å². The minimum Gasteiger partial charge on any atom is -0.465 e. The molecule has 2 aromatic rings. The van der Waals surface area contributed by atoms with E-state index in [2.05, 4.69) is 18.3 Å². The summed E-state index contributed by atoms with van der Waals surface area (Å²) in [4.78, 5) is 2.02. The molecule has 0 aliphatic carbocycles. The van der Waals surface area contributed by atoms with Crippen LogP contribution in [0.1, 0.15) is 30.9 Å². The van der Waals surface area contributed by atoms with Crippen LogP contribution in [0.25, 0.3) is 0 Å². The first-order valence-electron chi connectivity index (χ1n) is 7.44. The van der Waals surface area contributed by atoms with E-state index in [9.17, 15) is 4.39 Å². The lowest BCUT2D eigenvalue weighted by molar-refractivity contribution is 0.463. The number of nitrogens with zero attached hydrogens (tertiary/aromatic N) is 1. The summed E-state index contributed by atoms with van der Waals surface area (Å²) in [5.41, 5.74) is 1.74. The van der Waals surface area contributed by atoms with Crippen LogP contribution in [0.5, 0.6) is 0 Å². The van der Waals surface area contributed by atoms with Crippen LogP contribution in [-0.2, 0) is 13.1 Å². The van der Waals surface area contributed by atoms with Gasteiger partial charge in [0.15, 0.2) is 0 Å². The Kier molecular flexibility index (Phi) is 5.39. The number of nitrogens with one attached hydrogen (secondary N) is 1. The van der Waals surface area contributed by atoms with E-state index in [-0.39, 0.29) is 5.82 Å². The molecule has 1 aromatic carbocycles. The first-order valence-corrected chi connectivity index (χ1v) is 7.44. The van der Waals surface area contributed by atoms with Gasteiger partial charge >= 0.3 is 0 Å². The molecule has 0 aliphatic heterocycles. The molecule has 0 saturated carbocycles. The molecule has 21 heavy (non-hydrogen) atoms. The molecule has 0 atom stereocenters. The third kappa shape index (κ3) is 3.85. The van der Waals surface area contributed by atoms with Crippen molar-refractivity contribution < 1.29 is 8.81 Å². The summed E-state index contributed by atoms with van der Waals surface area (Å²) in [6, 6.07) is 8.94. The summed E-state index contributed by atoms with van der Waals surface area (Å²) in [5.74, 6) is 1.64. The summed E-state index contributed by atoms with van der Waals surface area (Å²) in [6.07, 6.45) is 0. The fraction of sp³-hybridized carbons (Fsp3) is 0.412. The summed E-state index contributed by atoms with van der Waals surface area (Å²) >= 11 is 0. The molecule has 1 heterocycles. The van der Waals surface area contributed by atoms with Crippen molar-refractivity contribution >= 4 is 5.69 Å². The van der Waals surface area contributed by atoms with E-state index in [0.717, 1.165) is 36.7 Å². The van der Waals surface area contributed by atoms with Gasteiger partial charge in [0.2, 0.25) is 0 Å². The molecule has 0 unspecified atom stereocenters. The summed E-state index contributed by atoms with van der Waals surface area (Å²) in [7, 11) is 0. The molecule has 0 aliphatic rings. The molecule has 2 rings (SSSR count). The van der Waals surface area contributed by atoms with E-state index >= 15 is 0 Å². The maximum absolute atomic E-state index is 13.9. The first kappa shape index (κ1) is 15.6. The predicted molar refractivity (Wildman–Crippen MR) is 83.9 cm³/mol. The second-order valence-corrected chi connectivity index (χ2v) is 5.04. The Balaban J connectivity index is 2.15. The number of anilines is 1. The molecule has 0 fully saturated rings. The normalized spacial score (nSPS) is 10.9. The van der Waals surface area contributed by atoms with Crippen molar-refractivity contribution in [3.05, 3.63) is 53.2 Å². The standard InChI is InChI=1S/C17H23FN2O/c1-4-19-11-15-10-14(13(3)21-15)12-20(5-2)17-9-7-6-8-16(17)18/h6-10,19H,4-5,11-12H2,1-3H3. The van der Waals surface area contributed by atoms with Crippen molar-refractivity contribution in [2.45, 2.75) is 33.9 Å². The third-order valence-electron chi connectivity index (χ3n) is 3.56.